The Hall–Kier alpha value is -2.36. The largest absolute Gasteiger partial charge is 0.325 e. The Kier molecular flexibility index (Phi) is 5.51. The number of amides is 1. The van der Waals surface area contributed by atoms with Crippen LogP contribution in [-0.2, 0) is 14.8 Å². The lowest BCUT2D eigenvalue weighted by molar-refractivity contribution is -0.384. The van der Waals surface area contributed by atoms with Crippen molar-refractivity contribution in [1.29, 1.82) is 0 Å². The van der Waals surface area contributed by atoms with Crippen molar-refractivity contribution in [3.05, 3.63) is 56.6 Å². The number of non-ortho nitro benzene ring substituents is 1. The second kappa shape index (κ2) is 7.26. The fourth-order valence-electron chi connectivity index (χ4n) is 1.86. The molecule has 0 atom stereocenters. The molecule has 25 heavy (non-hydrogen) atoms. The van der Waals surface area contributed by atoms with Crippen LogP contribution in [0.3, 0.4) is 0 Å². The highest BCUT2D eigenvalue weighted by molar-refractivity contribution is 7.92. The van der Waals surface area contributed by atoms with Gasteiger partial charge in [0.2, 0.25) is 5.91 Å². The molecular weight excluding hydrogens is 393 g/mol. The molecule has 2 aromatic rings. The zero-order valence-corrected chi connectivity index (χ0v) is 14.9. The fourth-order valence-corrected chi connectivity index (χ4v) is 3.47. The van der Waals surface area contributed by atoms with Gasteiger partial charge in [-0.25, -0.2) is 8.42 Å². The number of nitrogens with one attached hydrogen (secondary N) is 2. The van der Waals surface area contributed by atoms with Crippen LogP contribution in [0.1, 0.15) is 6.92 Å². The van der Waals surface area contributed by atoms with E-state index in [1.54, 1.807) is 0 Å². The minimum atomic E-state index is -4.10. The molecule has 2 N–H and O–H groups in total. The van der Waals surface area contributed by atoms with Gasteiger partial charge in [0.1, 0.15) is 0 Å². The van der Waals surface area contributed by atoms with Gasteiger partial charge in [0.15, 0.2) is 0 Å². The first-order valence-electron chi connectivity index (χ1n) is 6.64. The molecule has 0 bridgehead atoms. The van der Waals surface area contributed by atoms with E-state index in [9.17, 15) is 23.3 Å². The molecule has 2 rings (SSSR count). The smallest absolute Gasteiger partial charge is 0.271 e. The predicted molar refractivity (Wildman–Crippen MR) is 94.7 cm³/mol. The van der Waals surface area contributed by atoms with Crippen LogP contribution >= 0.6 is 23.2 Å². The molecule has 8 nitrogen and oxygen atoms in total. The van der Waals surface area contributed by atoms with Gasteiger partial charge >= 0.3 is 0 Å². The first-order chi connectivity index (χ1) is 11.6. The minimum Gasteiger partial charge on any atom is -0.325 e. The van der Waals surface area contributed by atoms with Gasteiger partial charge in [-0.1, -0.05) is 23.2 Å². The van der Waals surface area contributed by atoms with Gasteiger partial charge in [0.05, 0.1) is 31.2 Å². The van der Waals surface area contributed by atoms with Gasteiger partial charge in [-0.05, 0) is 24.3 Å². The van der Waals surface area contributed by atoms with E-state index in [2.05, 4.69) is 10.0 Å². The number of carbonyl (C=O) groups is 1. The maximum Gasteiger partial charge on any atom is 0.271 e. The van der Waals surface area contributed by atoms with Crippen LogP contribution in [0.15, 0.2) is 41.3 Å². The lowest BCUT2D eigenvalue weighted by atomic mass is 10.3. The number of nitro benzene ring substituents is 1. The molecule has 0 aliphatic heterocycles. The quantitative estimate of drug-likeness (QED) is 0.582. The second-order valence-corrected chi connectivity index (χ2v) is 7.35. The molecule has 0 saturated heterocycles. The summed E-state index contributed by atoms with van der Waals surface area (Å²) in [5, 5.41) is 13.3. The summed E-state index contributed by atoms with van der Waals surface area (Å²) >= 11 is 11.8. The number of hydrogen-bond acceptors (Lipinski definition) is 5. The molecule has 1 amide bonds. The molecule has 0 unspecified atom stereocenters. The summed E-state index contributed by atoms with van der Waals surface area (Å²) in [6.07, 6.45) is 0. The van der Waals surface area contributed by atoms with E-state index in [0.29, 0.717) is 0 Å². The number of rotatable bonds is 5. The number of benzene rings is 2. The SMILES string of the molecule is CC(=O)Nc1ccc(S(=O)(=O)Nc2cc([N+](=O)[O-])ccc2Cl)cc1Cl. The van der Waals surface area contributed by atoms with E-state index in [-0.39, 0.29) is 37.9 Å². The molecule has 0 saturated carbocycles. The highest BCUT2D eigenvalue weighted by Crippen LogP contribution is 2.30. The van der Waals surface area contributed by atoms with Crippen LogP contribution in [-0.4, -0.2) is 19.2 Å². The number of hydrogen-bond donors (Lipinski definition) is 2. The van der Waals surface area contributed by atoms with Gasteiger partial charge in [0, 0.05) is 19.1 Å². The first kappa shape index (κ1) is 19.0. The van der Waals surface area contributed by atoms with E-state index in [1.807, 2.05) is 0 Å². The minimum absolute atomic E-state index is 0.00450. The van der Waals surface area contributed by atoms with Crippen LogP contribution in [0, 0.1) is 10.1 Å². The zero-order chi connectivity index (χ0) is 18.8. The van der Waals surface area contributed by atoms with Crippen LogP contribution in [0.5, 0.6) is 0 Å². The molecule has 11 heteroatoms. The Morgan fingerprint density at radius 2 is 1.76 bits per heavy atom. The Morgan fingerprint density at radius 1 is 1.08 bits per heavy atom. The van der Waals surface area contributed by atoms with Crippen molar-refractivity contribution < 1.29 is 18.1 Å². The number of sulfonamides is 1. The van der Waals surface area contributed by atoms with Crippen LogP contribution in [0.25, 0.3) is 0 Å². The third kappa shape index (κ3) is 4.59. The third-order valence-corrected chi connectivity index (χ3v) is 4.97. The van der Waals surface area contributed by atoms with Crippen LogP contribution in [0.2, 0.25) is 10.0 Å². The third-order valence-electron chi connectivity index (χ3n) is 2.97. The highest BCUT2D eigenvalue weighted by atomic mass is 35.5. The number of halogens is 2. The van der Waals surface area contributed by atoms with Gasteiger partial charge in [-0.15, -0.1) is 0 Å². The lowest BCUT2D eigenvalue weighted by Gasteiger charge is -2.11. The maximum atomic E-state index is 12.4. The molecule has 0 heterocycles. The van der Waals surface area contributed by atoms with Crippen molar-refractivity contribution in [2.45, 2.75) is 11.8 Å². The molecule has 0 spiro atoms. The topological polar surface area (TPSA) is 118 Å². The summed E-state index contributed by atoms with van der Waals surface area (Å²) in [6, 6.07) is 7.06. The Bertz CT molecular complexity index is 963. The molecule has 2 aromatic carbocycles. The van der Waals surface area contributed by atoms with E-state index in [4.69, 9.17) is 23.2 Å². The molecule has 0 radical (unpaired) electrons. The normalized spacial score (nSPS) is 11.0. The lowest BCUT2D eigenvalue weighted by Crippen LogP contribution is -2.14. The van der Waals surface area contributed by atoms with E-state index in [0.717, 1.165) is 18.2 Å². The number of nitro groups is 1. The molecule has 0 fully saturated rings. The van der Waals surface area contributed by atoms with Crippen molar-refractivity contribution in [3.8, 4) is 0 Å². The first-order valence-corrected chi connectivity index (χ1v) is 8.88. The summed E-state index contributed by atoms with van der Waals surface area (Å²) in [7, 11) is -4.10. The van der Waals surface area contributed by atoms with Crippen molar-refractivity contribution in [3.63, 3.8) is 0 Å². The fraction of sp³-hybridized carbons (Fsp3) is 0.0714. The Balaban J connectivity index is 2.37. The summed E-state index contributed by atoms with van der Waals surface area (Å²) in [5.41, 5.74) is -0.208. The van der Waals surface area contributed by atoms with Gasteiger partial charge < -0.3 is 5.32 Å². The molecule has 132 valence electrons. The Morgan fingerprint density at radius 3 is 2.32 bits per heavy atom. The van der Waals surface area contributed by atoms with Crippen molar-refractivity contribution in [1.82, 2.24) is 0 Å². The van der Waals surface area contributed by atoms with Crippen molar-refractivity contribution >= 4 is 56.2 Å². The molecule has 0 aliphatic rings. The van der Waals surface area contributed by atoms with Crippen LogP contribution < -0.4 is 10.0 Å². The zero-order valence-electron chi connectivity index (χ0n) is 12.6. The van der Waals surface area contributed by atoms with Gasteiger partial charge in [0.25, 0.3) is 15.7 Å². The van der Waals surface area contributed by atoms with Crippen molar-refractivity contribution in [2.75, 3.05) is 10.0 Å². The van der Waals surface area contributed by atoms with E-state index < -0.39 is 14.9 Å². The summed E-state index contributed by atoms with van der Waals surface area (Å²) in [4.78, 5) is 21.0. The van der Waals surface area contributed by atoms with E-state index in [1.165, 1.54) is 25.1 Å². The summed E-state index contributed by atoms with van der Waals surface area (Å²) in [6.45, 7) is 1.28. The van der Waals surface area contributed by atoms with E-state index >= 15 is 0 Å². The van der Waals surface area contributed by atoms with Crippen molar-refractivity contribution in [2.24, 2.45) is 0 Å². The second-order valence-electron chi connectivity index (χ2n) is 4.85. The average molecular weight is 404 g/mol. The number of nitrogens with zero attached hydrogens (tertiary/aromatic N) is 1. The van der Waals surface area contributed by atoms with Crippen LogP contribution in [0.4, 0.5) is 17.1 Å². The maximum absolute atomic E-state index is 12.4. The van der Waals surface area contributed by atoms with Gasteiger partial charge in [-0.2, -0.15) is 0 Å². The molecule has 0 aromatic heterocycles. The predicted octanol–water partition coefficient (Wildman–Crippen LogP) is 3.66. The average Bonchev–Trinajstić information content (AvgIpc) is 2.50. The molecule has 0 aliphatic carbocycles. The number of carbonyl (C=O) groups excluding carboxylic acids is 1. The number of anilines is 2. The molecular formula is C14H11Cl2N3O5S. The monoisotopic (exact) mass is 403 g/mol. The van der Waals surface area contributed by atoms with Gasteiger partial charge in [-0.3, -0.25) is 19.6 Å². The summed E-state index contributed by atoms with van der Waals surface area (Å²) in [5.74, 6) is -0.362. The Labute approximate surface area is 152 Å². The summed E-state index contributed by atoms with van der Waals surface area (Å²) < 4.78 is 27.0. The highest BCUT2D eigenvalue weighted by Gasteiger charge is 2.19. The standard InChI is InChI=1S/C14H11Cl2N3O5S/c1-8(20)17-13-5-3-10(7-12(13)16)25(23,24)18-14-6-9(19(21)22)2-4-11(14)15/h2-7,18H,1H3,(H,17,20).